The van der Waals surface area contributed by atoms with Gasteiger partial charge in [0.2, 0.25) is 0 Å². The SMILES string of the molecule is CC[C@H](CO)NC(=O)c1cc(F)cc(F)c1. The predicted octanol–water partition coefficient (Wildman–Crippen LogP) is 1.47. The largest absolute Gasteiger partial charge is 0.394 e. The Balaban J connectivity index is 2.80. The van der Waals surface area contributed by atoms with E-state index in [1.54, 1.807) is 6.92 Å². The van der Waals surface area contributed by atoms with Gasteiger partial charge in [-0.15, -0.1) is 0 Å². The second-order valence-corrected chi connectivity index (χ2v) is 3.42. The summed E-state index contributed by atoms with van der Waals surface area (Å²) in [5.41, 5.74) is -0.0931. The summed E-state index contributed by atoms with van der Waals surface area (Å²) in [5, 5.41) is 11.3. The van der Waals surface area contributed by atoms with E-state index in [0.717, 1.165) is 12.1 Å². The fourth-order valence-electron chi connectivity index (χ4n) is 1.23. The molecule has 5 heteroatoms. The lowest BCUT2D eigenvalue weighted by atomic mass is 10.1. The Morgan fingerprint density at radius 1 is 1.38 bits per heavy atom. The molecule has 1 aromatic carbocycles. The molecular weight excluding hydrogens is 216 g/mol. The molecule has 0 saturated carbocycles. The van der Waals surface area contributed by atoms with Gasteiger partial charge in [-0.05, 0) is 18.6 Å². The Kier molecular flexibility index (Phi) is 4.37. The van der Waals surface area contributed by atoms with Gasteiger partial charge < -0.3 is 10.4 Å². The van der Waals surface area contributed by atoms with Gasteiger partial charge in [-0.3, -0.25) is 4.79 Å². The zero-order valence-electron chi connectivity index (χ0n) is 8.84. The molecule has 0 spiro atoms. The number of carbonyl (C=O) groups excluding carboxylic acids is 1. The molecule has 1 rings (SSSR count). The fraction of sp³-hybridized carbons (Fsp3) is 0.364. The number of hydrogen-bond acceptors (Lipinski definition) is 2. The van der Waals surface area contributed by atoms with E-state index in [-0.39, 0.29) is 12.2 Å². The maximum atomic E-state index is 12.8. The molecule has 0 aromatic heterocycles. The molecule has 0 fully saturated rings. The van der Waals surface area contributed by atoms with Gasteiger partial charge in [0, 0.05) is 11.6 Å². The van der Waals surface area contributed by atoms with Crippen molar-refractivity contribution >= 4 is 5.91 Å². The highest BCUT2D eigenvalue weighted by molar-refractivity contribution is 5.94. The molecule has 1 atom stereocenters. The Labute approximate surface area is 92.1 Å². The molecule has 0 aliphatic carbocycles. The zero-order valence-corrected chi connectivity index (χ0v) is 8.84. The van der Waals surface area contributed by atoms with Crippen LogP contribution in [0.3, 0.4) is 0 Å². The third-order valence-corrected chi connectivity index (χ3v) is 2.17. The van der Waals surface area contributed by atoms with Crippen LogP contribution in [0.15, 0.2) is 18.2 Å². The van der Waals surface area contributed by atoms with Crippen molar-refractivity contribution in [3.8, 4) is 0 Å². The number of hydrogen-bond donors (Lipinski definition) is 2. The van der Waals surface area contributed by atoms with Gasteiger partial charge >= 0.3 is 0 Å². The number of amides is 1. The van der Waals surface area contributed by atoms with Crippen molar-refractivity contribution in [2.24, 2.45) is 0 Å². The molecule has 0 unspecified atom stereocenters. The zero-order chi connectivity index (χ0) is 12.1. The summed E-state index contributed by atoms with van der Waals surface area (Å²) in [6.07, 6.45) is 0.542. The highest BCUT2D eigenvalue weighted by Gasteiger charge is 2.12. The van der Waals surface area contributed by atoms with E-state index in [1.165, 1.54) is 0 Å². The van der Waals surface area contributed by atoms with Gasteiger partial charge in [0.1, 0.15) is 11.6 Å². The highest BCUT2D eigenvalue weighted by Crippen LogP contribution is 2.08. The number of rotatable bonds is 4. The van der Waals surface area contributed by atoms with Crippen LogP contribution >= 0.6 is 0 Å². The van der Waals surface area contributed by atoms with Gasteiger partial charge in [-0.1, -0.05) is 6.92 Å². The lowest BCUT2D eigenvalue weighted by Gasteiger charge is -2.13. The van der Waals surface area contributed by atoms with Crippen LogP contribution in [-0.4, -0.2) is 23.7 Å². The highest BCUT2D eigenvalue weighted by atomic mass is 19.1. The topological polar surface area (TPSA) is 49.3 Å². The molecular formula is C11H13F2NO2. The first-order chi connectivity index (χ1) is 7.56. The molecule has 0 radical (unpaired) electrons. The van der Waals surface area contributed by atoms with Crippen LogP contribution in [0.1, 0.15) is 23.7 Å². The van der Waals surface area contributed by atoms with Gasteiger partial charge in [0.25, 0.3) is 5.91 Å². The van der Waals surface area contributed by atoms with Crippen LogP contribution in [0, 0.1) is 11.6 Å². The van der Waals surface area contributed by atoms with Gasteiger partial charge in [0.15, 0.2) is 0 Å². The van der Waals surface area contributed by atoms with Crippen LogP contribution in [0.5, 0.6) is 0 Å². The van der Waals surface area contributed by atoms with Crippen molar-refractivity contribution in [1.29, 1.82) is 0 Å². The van der Waals surface area contributed by atoms with Crippen LogP contribution in [0.2, 0.25) is 0 Å². The van der Waals surface area contributed by atoms with Gasteiger partial charge in [0.05, 0.1) is 12.6 Å². The quantitative estimate of drug-likeness (QED) is 0.821. The first kappa shape index (κ1) is 12.6. The number of benzene rings is 1. The van der Waals surface area contributed by atoms with Crippen LogP contribution in [-0.2, 0) is 0 Å². The summed E-state index contributed by atoms with van der Waals surface area (Å²) in [7, 11) is 0. The minimum atomic E-state index is -0.804. The third-order valence-electron chi connectivity index (χ3n) is 2.17. The minimum Gasteiger partial charge on any atom is -0.394 e. The van der Waals surface area contributed by atoms with E-state index in [1.807, 2.05) is 0 Å². The Hall–Kier alpha value is -1.49. The van der Waals surface area contributed by atoms with Crippen molar-refractivity contribution < 1.29 is 18.7 Å². The summed E-state index contributed by atoms with van der Waals surface area (Å²) < 4.78 is 25.6. The number of aliphatic hydroxyl groups excluding tert-OH is 1. The summed E-state index contributed by atoms with van der Waals surface area (Å²) in [6, 6.07) is 2.18. The van der Waals surface area contributed by atoms with Crippen molar-refractivity contribution in [2.45, 2.75) is 19.4 Å². The van der Waals surface area contributed by atoms with Crippen molar-refractivity contribution in [3.05, 3.63) is 35.4 Å². The van der Waals surface area contributed by atoms with Gasteiger partial charge in [-0.25, -0.2) is 8.78 Å². The van der Waals surface area contributed by atoms with E-state index in [0.29, 0.717) is 12.5 Å². The fourth-order valence-corrected chi connectivity index (χ4v) is 1.23. The summed E-state index contributed by atoms with van der Waals surface area (Å²) in [4.78, 5) is 11.5. The number of carbonyl (C=O) groups is 1. The summed E-state index contributed by atoms with van der Waals surface area (Å²) in [5.74, 6) is -2.20. The number of aliphatic hydroxyl groups is 1. The van der Waals surface area contributed by atoms with Crippen molar-refractivity contribution in [2.75, 3.05) is 6.61 Å². The van der Waals surface area contributed by atoms with Crippen molar-refractivity contribution in [1.82, 2.24) is 5.32 Å². The van der Waals surface area contributed by atoms with E-state index in [2.05, 4.69) is 5.32 Å². The number of nitrogens with one attached hydrogen (secondary N) is 1. The molecule has 0 saturated heterocycles. The van der Waals surface area contributed by atoms with Crippen molar-refractivity contribution in [3.63, 3.8) is 0 Å². The number of halogens is 2. The Morgan fingerprint density at radius 2 is 1.94 bits per heavy atom. The standard InChI is InChI=1S/C11H13F2NO2/c1-2-10(6-15)14-11(16)7-3-8(12)5-9(13)4-7/h3-5,10,15H,2,6H2,1H3,(H,14,16)/t10-/m1/s1. The molecule has 2 N–H and O–H groups in total. The van der Waals surface area contributed by atoms with E-state index < -0.39 is 23.6 Å². The molecule has 0 aliphatic rings. The average Bonchev–Trinajstić information content (AvgIpc) is 2.24. The minimum absolute atomic E-state index is 0.0931. The molecule has 0 bridgehead atoms. The first-order valence-corrected chi connectivity index (χ1v) is 4.94. The molecule has 0 aliphatic heterocycles. The molecule has 3 nitrogen and oxygen atoms in total. The lowest BCUT2D eigenvalue weighted by Crippen LogP contribution is -2.37. The normalized spacial score (nSPS) is 12.2. The Morgan fingerprint density at radius 3 is 2.38 bits per heavy atom. The second kappa shape index (κ2) is 5.55. The Bertz CT molecular complexity index is 358. The molecule has 88 valence electrons. The predicted molar refractivity (Wildman–Crippen MR) is 55.0 cm³/mol. The third kappa shape index (κ3) is 3.27. The smallest absolute Gasteiger partial charge is 0.251 e. The molecule has 16 heavy (non-hydrogen) atoms. The van der Waals surface area contributed by atoms with Crippen LogP contribution < -0.4 is 5.32 Å². The molecule has 1 amide bonds. The van der Waals surface area contributed by atoms with E-state index in [9.17, 15) is 13.6 Å². The lowest BCUT2D eigenvalue weighted by molar-refractivity contribution is 0.0914. The van der Waals surface area contributed by atoms with E-state index >= 15 is 0 Å². The average molecular weight is 229 g/mol. The monoisotopic (exact) mass is 229 g/mol. The molecule has 0 heterocycles. The molecule has 1 aromatic rings. The summed E-state index contributed by atoms with van der Waals surface area (Å²) in [6.45, 7) is 1.58. The second-order valence-electron chi connectivity index (χ2n) is 3.42. The van der Waals surface area contributed by atoms with Gasteiger partial charge in [-0.2, -0.15) is 0 Å². The van der Waals surface area contributed by atoms with E-state index in [4.69, 9.17) is 5.11 Å². The maximum absolute atomic E-state index is 12.8. The first-order valence-electron chi connectivity index (χ1n) is 4.94. The van der Waals surface area contributed by atoms with Crippen LogP contribution in [0.4, 0.5) is 8.78 Å². The summed E-state index contributed by atoms with van der Waals surface area (Å²) >= 11 is 0. The maximum Gasteiger partial charge on any atom is 0.251 e. The van der Waals surface area contributed by atoms with Crippen LogP contribution in [0.25, 0.3) is 0 Å².